The first-order chi connectivity index (χ1) is 9.50. The molecule has 1 aromatic rings. The Morgan fingerprint density at radius 1 is 1.33 bits per heavy atom. The fourth-order valence-corrected chi connectivity index (χ4v) is 2.53. The number of benzene rings is 1. The molecule has 1 heterocycles. The first-order valence-electron chi connectivity index (χ1n) is 7.26. The minimum atomic E-state index is 0. The molecule has 21 heavy (non-hydrogen) atoms. The molecule has 0 spiro atoms. The third-order valence-corrected chi connectivity index (χ3v) is 4.11. The molecular formula is C16H26ClN3O. The van der Waals surface area contributed by atoms with Crippen molar-refractivity contribution in [2.24, 2.45) is 5.41 Å². The number of hydrogen-bond donors (Lipinski definition) is 2. The van der Waals surface area contributed by atoms with Crippen molar-refractivity contribution in [2.45, 2.75) is 19.8 Å². The first-order valence-corrected chi connectivity index (χ1v) is 7.26. The Hall–Kier alpha value is -1.26. The van der Waals surface area contributed by atoms with Crippen molar-refractivity contribution in [3.8, 4) is 0 Å². The number of hydrogen-bond acceptors (Lipinski definition) is 3. The van der Waals surface area contributed by atoms with Gasteiger partial charge < -0.3 is 15.5 Å². The Bertz CT molecular complexity index is 470. The number of rotatable bonds is 4. The Labute approximate surface area is 133 Å². The van der Waals surface area contributed by atoms with E-state index in [4.69, 9.17) is 0 Å². The number of anilines is 1. The summed E-state index contributed by atoms with van der Waals surface area (Å²) in [5.74, 6) is 0.0217. The van der Waals surface area contributed by atoms with Crippen molar-refractivity contribution in [3.63, 3.8) is 0 Å². The van der Waals surface area contributed by atoms with Crippen LogP contribution >= 0.6 is 12.4 Å². The van der Waals surface area contributed by atoms with Gasteiger partial charge >= 0.3 is 0 Å². The standard InChI is InChI=1S/C16H25N3O.ClH/c1-16(7-9-17-10-8-16)12-18-15(20)13-5-4-6-14(11-13)19(2)3;/h4-6,11,17H,7-10,12H2,1-3H3,(H,18,20);1H. The van der Waals surface area contributed by atoms with Crippen LogP contribution < -0.4 is 15.5 Å². The Morgan fingerprint density at radius 3 is 2.62 bits per heavy atom. The summed E-state index contributed by atoms with van der Waals surface area (Å²) in [6, 6.07) is 7.73. The van der Waals surface area contributed by atoms with Crippen LogP contribution in [0, 0.1) is 5.41 Å². The van der Waals surface area contributed by atoms with Crippen LogP contribution in [0.3, 0.4) is 0 Å². The average molecular weight is 312 g/mol. The van der Waals surface area contributed by atoms with Gasteiger partial charge in [0.05, 0.1) is 0 Å². The van der Waals surface area contributed by atoms with E-state index >= 15 is 0 Å². The van der Waals surface area contributed by atoms with Gasteiger partial charge in [-0.3, -0.25) is 4.79 Å². The molecule has 0 aliphatic carbocycles. The van der Waals surface area contributed by atoms with Gasteiger partial charge in [0.2, 0.25) is 0 Å². The third-order valence-electron chi connectivity index (χ3n) is 4.11. The van der Waals surface area contributed by atoms with Crippen molar-refractivity contribution in [2.75, 3.05) is 38.6 Å². The van der Waals surface area contributed by atoms with E-state index in [-0.39, 0.29) is 23.7 Å². The van der Waals surface area contributed by atoms with E-state index in [1.807, 2.05) is 43.3 Å². The predicted octanol–water partition coefficient (Wildman–Crippen LogP) is 2.29. The second-order valence-electron chi connectivity index (χ2n) is 6.19. The number of carbonyl (C=O) groups excluding carboxylic acids is 1. The first kappa shape index (κ1) is 17.8. The molecule has 1 amide bonds. The summed E-state index contributed by atoms with van der Waals surface area (Å²) < 4.78 is 0. The summed E-state index contributed by atoms with van der Waals surface area (Å²) in [7, 11) is 3.96. The second kappa shape index (κ2) is 7.66. The normalized spacial score (nSPS) is 16.7. The quantitative estimate of drug-likeness (QED) is 0.897. The molecule has 2 N–H and O–H groups in total. The number of amides is 1. The molecular weight excluding hydrogens is 286 g/mol. The molecule has 0 bridgehead atoms. The van der Waals surface area contributed by atoms with Gasteiger partial charge in [-0.25, -0.2) is 0 Å². The molecule has 1 fully saturated rings. The van der Waals surface area contributed by atoms with E-state index < -0.39 is 0 Å². The van der Waals surface area contributed by atoms with Gasteiger partial charge in [0, 0.05) is 31.9 Å². The summed E-state index contributed by atoms with van der Waals surface area (Å²) in [4.78, 5) is 14.3. The van der Waals surface area contributed by atoms with Gasteiger partial charge in [-0.1, -0.05) is 13.0 Å². The molecule has 1 aliphatic heterocycles. The maximum atomic E-state index is 12.3. The maximum absolute atomic E-state index is 12.3. The lowest BCUT2D eigenvalue weighted by Crippen LogP contribution is -2.42. The van der Waals surface area contributed by atoms with Gasteiger partial charge in [-0.05, 0) is 49.5 Å². The van der Waals surface area contributed by atoms with Crippen LogP contribution in [0.2, 0.25) is 0 Å². The highest BCUT2D eigenvalue weighted by atomic mass is 35.5. The van der Waals surface area contributed by atoms with Crippen LogP contribution in [-0.2, 0) is 0 Å². The Morgan fingerprint density at radius 2 is 2.00 bits per heavy atom. The third kappa shape index (κ3) is 4.90. The molecule has 1 saturated heterocycles. The summed E-state index contributed by atoms with van der Waals surface area (Å²) in [6.45, 7) is 5.09. The van der Waals surface area contributed by atoms with Crippen LogP contribution in [0.25, 0.3) is 0 Å². The molecule has 0 radical (unpaired) electrons. The van der Waals surface area contributed by atoms with Crippen molar-refractivity contribution in [1.29, 1.82) is 0 Å². The van der Waals surface area contributed by atoms with Crippen molar-refractivity contribution >= 4 is 24.0 Å². The van der Waals surface area contributed by atoms with E-state index in [2.05, 4.69) is 17.6 Å². The summed E-state index contributed by atoms with van der Waals surface area (Å²) in [5.41, 5.74) is 2.00. The molecule has 4 nitrogen and oxygen atoms in total. The molecule has 1 aromatic carbocycles. The lowest BCUT2D eigenvalue weighted by molar-refractivity contribution is 0.0922. The van der Waals surface area contributed by atoms with Crippen LogP contribution in [0.1, 0.15) is 30.1 Å². The molecule has 5 heteroatoms. The maximum Gasteiger partial charge on any atom is 0.251 e. The number of piperidine rings is 1. The van der Waals surface area contributed by atoms with Crippen LogP contribution in [0.5, 0.6) is 0 Å². The topological polar surface area (TPSA) is 44.4 Å². The van der Waals surface area contributed by atoms with Gasteiger partial charge in [0.25, 0.3) is 5.91 Å². The summed E-state index contributed by atoms with van der Waals surface area (Å²) in [6.07, 6.45) is 2.23. The van der Waals surface area contributed by atoms with E-state index in [9.17, 15) is 4.79 Å². The largest absolute Gasteiger partial charge is 0.378 e. The molecule has 0 saturated carbocycles. The molecule has 0 atom stereocenters. The van der Waals surface area contributed by atoms with Gasteiger partial charge in [-0.2, -0.15) is 0 Å². The van der Waals surface area contributed by atoms with Crippen LogP contribution in [0.15, 0.2) is 24.3 Å². The molecule has 0 aromatic heterocycles. The fraction of sp³-hybridized carbons (Fsp3) is 0.562. The van der Waals surface area contributed by atoms with E-state index in [1.165, 1.54) is 0 Å². The zero-order valence-corrected chi connectivity index (χ0v) is 13.9. The smallest absolute Gasteiger partial charge is 0.251 e. The van der Waals surface area contributed by atoms with E-state index in [0.717, 1.165) is 43.7 Å². The fourth-order valence-electron chi connectivity index (χ4n) is 2.53. The van der Waals surface area contributed by atoms with Crippen molar-refractivity contribution < 1.29 is 4.79 Å². The highest BCUT2D eigenvalue weighted by Gasteiger charge is 2.27. The van der Waals surface area contributed by atoms with E-state index in [0.29, 0.717) is 0 Å². The van der Waals surface area contributed by atoms with Crippen molar-refractivity contribution in [3.05, 3.63) is 29.8 Å². The van der Waals surface area contributed by atoms with Gasteiger partial charge in [0.15, 0.2) is 0 Å². The SMILES string of the molecule is CN(C)c1cccc(C(=O)NCC2(C)CCNCC2)c1.Cl. The number of carbonyl (C=O) groups is 1. The molecule has 0 unspecified atom stereocenters. The van der Waals surface area contributed by atoms with E-state index in [1.54, 1.807) is 0 Å². The zero-order valence-electron chi connectivity index (χ0n) is 13.1. The highest BCUT2D eigenvalue weighted by Crippen LogP contribution is 2.26. The highest BCUT2D eigenvalue weighted by molar-refractivity contribution is 5.95. The second-order valence-corrected chi connectivity index (χ2v) is 6.19. The molecule has 2 rings (SSSR count). The van der Waals surface area contributed by atoms with Gasteiger partial charge in [-0.15, -0.1) is 12.4 Å². The Balaban J connectivity index is 0.00000220. The minimum absolute atomic E-state index is 0. The average Bonchev–Trinajstić information content (AvgIpc) is 2.46. The minimum Gasteiger partial charge on any atom is -0.378 e. The lowest BCUT2D eigenvalue weighted by Gasteiger charge is -2.34. The predicted molar refractivity (Wildman–Crippen MR) is 90.6 cm³/mol. The van der Waals surface area contributed by atoms with Crippen LogP contribution in [0.4, 0.5) is 5.69 Å². The number of halogens is 1. The summed E-state index contributed by atoms with van der Waals surface area (Å²) >= 11 is 0. The van der Waals surface area contributed by atoms with Crippen LogP contribution in [-0.4, -0.2) is 39.6 Å². The molecule has 118 valence electrons. The molecule has 1 aliphatic rings. The zero-order chi connectivity index (χ0) is 14.6. The number of nitrogens with one attached hydrogen (secondary N) is 2. The van der Waals surface area contributed by atoms with Crippen molar-refractivity contribution in [1.82, 2.24) is 10.6 Å². The Kier molecular flexibility index (Phi) is 6.49. The number of nitrogens with zero attached hydrogens (tertiary/aromatic N) is 1. The monoisotopic (exact) mass is 311 g/mol. The summed E-state index contributed by atoms with van der Waals surface area (Å²) in [5, 5.41) is 6.45. The van der Waals surface area contributed by atoms with Gasteiger partial charge in [0.1, 0.15) is 0 Å². The lowest BCUT2D eigenvalue weighted by atomic mass is 9.81.